The molecule has 0 amide bonds. The molecular formula is C26H24BF4PS. The molecule has 0 radical (unpaired) electrons. The van der Waals surface area contributed by atoms with Crippen LogP contribution in [0.5, 0.6) is 0 Å². The number of rotatable bonds is 6. The highest BCUT2D eigenvalue weighted by atomic mass is 32.2. The van der Waals surface area contributed by atoms with Crippen LogP contribution in [0, 0.1) is 5.49 Å². The molecule has 0 N–H and O–H groups in total. The Balaban J connectivity index is 0.000000555. The molecule has 0 aliphatic heterocycles. The van der Waals surface area contributed by atoms with Crippen LogP contribution in [0.25, 0.3) is 0 Å². The molecule has 7 heteroatoms. The minimum Gasteiger partial charge on any atom is -0.418 e. The molecule has 0 saturated heterocycles. The summed E-state index contributed by atoms with van der Waals surface area (Å²) in [5.41, 5.74) is 2.64. The van der Waals surface area contributed by atoms with Gasteiger partial charge in [-0.3, -0.25) is 0 Å². The van der Waals surface area contributed by atoms with Crippen LogP contribution < -0.4 is 15.9 Å². The molecular weight excluding hydrogens is 462 g/mol. The normalized spacial score (nSPS) is 12.4. The SMILES string of the molecule is C[S+]([CH-][P+](c1ccccc1)(c1ccccc1)c1ccccc1)c1ccccc1.F[B-](F)(F)F. The van der Waals surface area contributed by atoms with E-state index in [0.717, 1.165) is 0 Å². The monoisotopic (exact) mass is 486 g/mol. The molecule has 33 heavy (non-hydrogen) atoms. The van der Waals surface area contributed by atoms with Gasteiger partial charge < -0.3 is 17.3 Å². The predicted octanol–water partition coefficient (Wildman–Crippen LogP) is 6.71. The molecule has 170 valence electrons. The van der Waals surface area contributed by atoms with Crippen molar-refractivity contribution in [2.75, 3.05) is 6.26 Å². The van der Waals surface area contributed by atoms with Crippen LogP contribution in [0.2, 0.25) is 0 Å². The number of hydrogen-bond donors (Lipinski definition) is 0. The van der Waals surface area contributed by atoms with Gasteiger partial charge in [-0.2, -0.15) is 0 Å². The van der Waals surface area contributed by atoms with Gasteiger partial charge in [0.25, 0.3) is 0 Å². The Kier molecular flexibility index (Phi) is 8.77. The maximum Gasteiger partial charge on any atom is 0.673 e. The van der Waals surface area contributed by atoms with E-state index in [1.54, 1.807) is 0 Å². The van der Waals surface area contributed by atoms with Crippen molar-refractivity contribution in [3.63, 3.8) is 0 Å². The van der Waals surface area contributed by atoms with Crippen molar-refractivity contribution >= 4 is 41.3 Å². The topological polar surface area (TPSA) is 0 Å². The lowest BCUT2D eigenvalue weighted by atomic mass is 10.3. The summed E-state index contributed by atoms with van der Waals surface area (Å²) in [6.45, 7) is 0. The summed E-state index contributed by atoms with van der Waals surface area (Å²) in [4.78, 5) is 1.38. The van der Waals surface area contributed by atoms with Gasteiger partial charge in [-0.1, -0.05) is 83.7 Å². The van der Waals surface area contributed by atoms with Crippen molar-refractivity contribution in [2.45, 2.75) is 4.90 Å². The first kappa shape index (κ1) is 25.1. The van der Waals surface area contributed by atoms with Crippen molar-refractivity contribution in [1.29, 1.82) is 0 Å². The predicted molar refractivity (Wildman–Crippen MR) is 138 cm³/mol. The van der Waals surface area contributed by atoms with E-state index < -0.39 is 14.5 Å². The average Bonchev–Trinajstić information content (AvgIpc) is 2.83. The molecule has 0 bridgehead atoms. The van der Waals surface area contributed by atoms with E-state index in [2.05, 4.69) is 133 Å². The lowest BCUT2D eigenvalue weighted by molar-refractivity contribution is 0.368. The van der Waals surface area contributed by atoms with E-state index in [1.807, 2.05) is 0 Å². The summed E-state index contributed by atoms with van der Waals surface area (Å²) in [6, 6.07) is 44.0. The standard InChI is InChI=1S/C26H24PS.BF4/c1-28(26-20-12-5-13-21-26)22-27(23-14-6-2-7-15-23,24-16-8-3-9-17-24)25-18-10-4-11-19-25;2-1(3,4)5/h2-22H,1H3;/q+1;-1. The lowest BCUT2D eigenvalue weighted by Gasteiger charge is -2.33. The van der Waals surface area contributed by atoms with Gasteiger partial charge in [0, 0.05) is 7.26 Å². The molecule has 4 rings (SSSR count). The van der Waals surface area contributed by atoms with Crippen LogP contribution in [0.3, 0.4) is 0 Å². The summed E-state index contributed by atoms with van der Waals surface area (Å²) in [7, 11) is -7.87. The fourth-order valence-corrected chi connectivity index (χ4v) is 10.8. The largest absolute Gasteiger partial charge is 0.673 e. The molecule has 0 spiro atoms. The van der Waals surface area contributed by atoms with Crippen LogP contribution in [-0.4, -0.2) is 13.5 Å². The summed E-state index contributed by atoms with van der Waals surface area (Å²) in [5, 5.41) is 4.22. The Labute approximate surface area is 196 Å². The zero-order valence-electron chi connectivity index (χ0n) is 18.1. The summed E-state index contributed by atoms with van der Waals surface area (Å²) < 4.78 is 39.0. The highest BCUT2D eigenvalue weighted by Crippen LogP contribution is 2.60. The minimum absolute atomic E-state index is 0.0201. The fourth-order valence-electron chi connectivity index (χ4n) is 3.55. The number of benzene rings is 4. The first-order chi connectivity index (χ1) is 15.8. The fraction of sp³-hybridized carbons (Fsp3) is 0.0385. The summed E-state index contributed by atoms with van der Waals surface area (Å²) in [5.74, 6) is 0. The molecule has 0 aliphatic carbocycles. The van der Waals surface area contributed by atoms with Gasteiger partial charge in [-0.15, -0.1) is 0 Å². The molecule has 0 fully saturated rings. The zero-order chi connectivity index (χ0) is 23.7. The van der Waals surface area contributed by atoms with E-state index in [4.69, 9.17) is 0 Å². The highest BCUT2D eigenvalue weighted by Gasteiger charge is 2.42. The van der Waals surface area contributed by atoms with Gasteiger partial charge in [0.1, 0.15) is 4.90 Å². The van der Waals surface area contributed by atoms with Gasteiger partial charge in [-0.05, 0) is 48.5 Å². The smallest absolute Gasteiger partial charge is 0.418 e. The van der Waals surface area contributed by atoms with Crippen LogP contribution in [0.1, 0.15) is 0 Å². The molecule has 4 aromatic rings. The number of hydrogen-bond acceptors (Lipinski definition) is 0. The second-order valence-electron chi connectivity index (χ2n) is 7.20. The minimum atomic E-state index is -6.00. The first-order valence-electron chi connectivity index (χ1n) is 10.3. The zero-order valence-corrected chi connectivity index (χ0v) is 19.8. The van der Waals surface area contributed by atoms with Gasteiger partial charge >= 0.3 is 7.25 Å². The molecule has 0 heterocycles. The molecule has 4 aromatic carbocycles. The molecule has 0 nitrogen and oxygen atoms in total. The maximum absolute atomic E-state index is 9.75. The third-order valence-electron chi connectivity index (χ3n) is 4.92. The van der Waals surface area contributed by atoms with Crippen molar-refractivity contribution in [3.8, 4) is 0 Å². The van der Waals surface area contributed by atoms with E-state index in [1.165, 1.54) is 20.8 Å². The quantitative estimate of drug-likeness (QED) is 0.0935. The van der Waals surface area contributed by atoms with Crippen LogP contribution >= 0.6 is 7.26 Å². The molecule has 0 aromatic heterocycles. The Morgan fingerprint density at radius 1 is 0.545 bits per heavy atom. The average molecular weight is 486 g/mol. The van der Waals surface area contributed by atoms with Crippen LogP contribution in [0.15, 0.2) is 126 Å². The number of halogens is 4. The molecule has 0 saturated carbocycles. The van der Waals surface area contributed by atoms with Crippen molar-refractivity contribution in [2.24, 2.45) is 0 Å². The first-order valence-corrected chi connectivity index (χ1v) is 13.8. The molecule has 0 aliphatic rings. The van der Waals surface area contributed by atoms with Gasteiger partial charge in [0.2, 0.25) is 0 Å². The van der Waals surface area contributed by atoms with Crippen LogP contribution in [-0.2, 0) is 10.9 Å². The van der Waals surface area contributed by atoms with Gasteiger partial charge in [0.15, 0.2) is 0 Å². The summed E-state index contributed by atoms with van der Waals surface area (Å²) in [6.07, 6.45) is 2.35. The van der Waals surface area contributed by atoms with E-state index in [0.29, 0.717) is 0 Å². The highest BCUT2D eigenvalue weighted by molar-refractivity contribution is 8.14. The Morgan fingerprint density at radius 2 is 0.818 bits per heavy atom. The van der Waals surface area contributed by atoms with Gasteiger partial charge in [-0.25, -0.2) is 0 Å². The Bertz CT molecular complexity index is 992. The van der Waals surface area contributed by atoms with Crippen LogP contribution in [0.4, 0.5) is 17.3 Å². The van der Waals surface area contributed by atoms with Gasteiger partial charge in [0.05, 0.1) is 27.7 Å². The Morgan fingerprint density at radius 3 is 1.12 bits per heavy atom. The lowest BCUT2D eigenvalue weighted by Crippen LogP contribution is -2.33. The van der Waals surface area contributed by atoms with E-state index in [-0.39, 0.29) is 10.9 Å². The second kappa shape index (κ2) is 11.5. The third-order valence-corrected chi connectivity index (χ3v) is 11.8. The maximum atomic E-state index is 9.75. The van der Waals surface area contributed by atoms with E-state index >= 15 is 0 Å². The summed E-state index contributed by atoms with van der Waals surface area (Å²) >= 11 is 0. The van der Waals surface area contributed by atoms with Crippen molar-refractivity contribution in [1.82, 2.24) is 0 Å². The molecule has 1 unspecified atom stereocenters. The Hall–Kier alpha value is -2.56. The third kappa shape index (κ3) is 6.96. The van der Waals surface area contributed by atoms with Crippen molar-refractivity contribution in [3.05, 3.63) is 127 Å². The van der Waals surface area contributed by atoms with Crippen molar-refractivity contribution < 1.29 is 17.3 Å². The van der Waals surface area contributed by atoms with E-state index in [9.17, 15) is 17.3 Å². The second-order valence-corrected chi connectivity index (χ2v) is 12.6. The molecule has 1 atom stereocenters.